The molecule has 2 amide bonds. The van der Waals surface area contributed by atoms with Crippen molar-refractivity contribution in [3.8, 4) is 0 Å². The molecule has 20 heavy (non-hydrogen) atoms. The molecule has 0 aromatic carbocycles. The second-order valence-electron chi connectivity index (χ2n) is 4.56. The Balaban J connectivity index is 2.07. The van der Waals surface area contributed by atoms with Crippen LogP contribution < -0.4 is 0 Å². The summed E-state index contributed by atoms with van der Waals surface area (Å²) in [5.74, 6) is -0.497. The van der Waals surface area contributed by atoms with Crippen LogP contribution in [-0.4, -0.2) is 51.1 Å². The van der Waals surface area contributed by atoms with Crippen LogP contribution in [0.15, 0.2) is 15.9 Å². The molecule has 1 aliphatic heterocycles. The quantitative estimate of drug-likeness (QED) is 0.878. The highest BCUT2D eigenvalue weighted by Gasteiger charge is 2.40. The normalized spacial score (nSPS) is 22.1. The molecule has 8 heteroatoms. The minimum atomic E-state index is -0.942. The topological polar surface area (TPSA) is 60.9 Å². The third-order valence-electron chi connectivity index (χ3n) is 3.07. The van der Waals surface area contributed by atoms with E-state index in [1.54, 1.807) is 23.3 Å². The van der Waals surface area contributed by atoms with Gasteiger partial charge in [0.1, 0.15) is 6.04 Å². The Morgan fingerprint density at radius 3 is 2.85 bits per heavy atom. The number of carboxylic acids is 1. The Morgan fingerprint density at radius 1 is 1.60 bits per heavy atom. The van der Waals surface area contributed by atoms with E-state index in [0.29, 0.717) is 12.3 Å². The fourth-order valence-corrected chi connectivity index (χ4v) is 4.72. The molecule has 2 atom stereocenters. The maximum absolute atomic E-state index is 12.4. The van der Waals surface area contributed by atoms with E-state index in [-0.39, 0.29) is 11.4 Å². The first-order valence-electron chi connectivity index (χ1n) is 6.01. The van der Waals surface area contributed by atoms with Gasteiger partial charge in [-0.1, -0.05) is 0 Å². The molecule has 1 aliphatic rings. The van der Waals surface area contributed by atoms with Crippen LogP contribution in [0.25, 0.3) is 0 Å². The second kappa shape index (κ2) is 6.36. The summed E-state index contributed by atoms with van der Waals surface area (Å²) in [6, 6.07) is 0.991. The van der Waals surface area contributed by atoms with Crippen molar-refractivity contribution in [2.75, 3.05) is 12.8 Å². The molecule has 110 valence electrons. The van der Waals surface area contributed by atoms with Gasteiger partial charge in [-0.2, -0.15) is 0 Å². The lowest BCUT2D eigenvalue weighted by Gasteiger charge is -2.29. The van der Waals surface area contributed by atoms with Crippen LogP contribution >= 0.6 is 39.0 Å². The number of nitrogens with zero attached hydrogens (tertiary/aromatic N) is 2. The monoisotopic (exact) mass is 378 g/mol. The van der Waals surface area contributed by atoms with Crippen LogP contribution in [0.4, 0.5) is 4.79 Å². The van der Waals surface area contributed by atoms with E-state index >= 15 is 0 Å². The van der Waals surface area contributed by atoms with Gasteiger partial charge in [-0.05, 0) is 28.9 Å². The second-order valence-corrected chi connectivity index (χ2v) is 7.82. The van der Waals surface area contributed by atoms with Crippen molar-refractivity contribution < 1.29 is 14.7 Å². The maximum atomic E-state index is 12.4. The summed E-state index contributed by atoms with van der Waals surface area (Å²) >= 11 is 6.43. The van der Waals surface area contributed by atoms with E-state index in [4.69, 9.17) is 0 Å². The van der Waals surface area contributed by atoms with Gasteiger partial charge < -0.3 is 10.0 Å². The molecule has 2 rings (SSSR count). The van der Waals surface area contributed by atoms with Crippen molar-refractivity contribution in [1.29, 1.82) is 0 Å². The van der Waals surface area contributed by atoms with Gasteiger partial charge in [-0.25, -0.2) is 9.59 Å². The first kappa shape index (κ1) is 15.7. The van der Waals surface area contributed by atoms with Crippen LogP contribution in [-0.2, 0) is 11.3 Å². The fraction of sp³-hybridized carbons (Fsp3) is 0.500. The summed E-state index contributed by atoms with van der Waals surface area (Å²) in [5.41, 5.74) is 0. The molecule has 0 spiro atoms. The average Bonchev–Trinajstić information content (AvgIpc) is 2.94. The van der Waals surface area contributed by atoms with Gasteiger partial charge in [0.15, 0.2) is 0 Å². The molecule has 0 radical (unpaired) electrons. The Kier molecular flexibility index (Phi) is 4.98. The van der Waals surface area contributed by atoms with E-state index in [1.807, 2.05) is 18.4 Å². The first-order valence-corrected chi connectivity index (χ1v) is 8.73. The van der Waals surface area contributed by atoms with Crippen LogP contribution in [0.3, 0.4) is 0 Å². The highest BCUT2D eigenvalue weighted by atomic mass is 79.9. The van der Waals surface area contributed by atoms with Crippen LogP contribution in [0.5, 0.6) is 0 Å². The van der Waals surface area contributed by atoms with Crippen molar-refractivity contribution in [3.63, 3.8) is 0 Å². The van der Waals surface area contributed by atoms with Crippen molar-refractivity contribution in [2.45, 2.75) is 24.9 Å². The minimum Gasteiger partial charge on any atom is -0.480 e. The van der Waals surface area contributed by atoms with E-state index < -0.39 is 12.0 Å². The SMILES string of the molecule is CC1SCC(C(=O)O)N1C(=O)N(C)Cc1cc(Br)cs1. The molecule has 5 nitrogen and oxygen atoms in total. The van der Waals surface area contributed by atoms with E-state index in [2.05, 4.69) is 15.9 Å². The molecule has 0 bridgehead atoms. The summed E-state index contributed by atoms with van der Waals surface area (Å²) in [6.07, 6.45) is 0. The van der Waals surface area contributed by atoms with E-state index in [9.17, 15) is 14.7 Å². The first-order chi connectivity index (χ1) is 9.40. The van der Waals surface area contributed by atoms with Crippen molar-refractivity contribution >= 4 is 51.0 Å². The molecule has 1 saturated heterocycles. The summed E-state index contributed by atoms with van der Waals surface area (Å²) in [7, 11) is 1.70. The van der Waals surface area contributed by atoms with E-state index in [1.165, 1.54) is 16.7 Å². The number of halogens is 1. The number of rotatable bonds is 3. The number of hydrogen-bond acceptors (Lipinski definition) is 4. The molecule has 1 aromatic heterocycles. The number of aliphatic carboxylic acids is 1. The number of amides is 2. The number of urea groups is 1. The van der Waals surface area contributed by atoms with Crippen LogP contribution in [0, 0.1) is 0 Å². The van der Waals surface area contributed by atoms with Gasteiger partial charge in [0.2, 0.25) is 0 Å². The molecule has 1 N–H and O–H groups in total. The Bertz CT molecular complexity index is 523. The number of thioether (sulfide) groups is 1. The van der Waals surface area contributed by atoms with Gasteiger partial charge in [-0.3, -0.25) is 4.90 Å². The molecule has 1 fully saturated rings. The molecule has 2 heterocycles. The molecule has 0 aliphatic carbocycles. The zero-order valence-electron chi connectivity index (χ0n) is 11.1. The third-order valence-corrected chi connectivity index (χ3v) is 5.97. The predicted octanol–water partition coefficient (Wildman–Crippen LogP) is 2.91. The molecular formula is C12H15BrN2O3S2. The number of carbonyl (C=O) groups excluding carboxylic acids is 1. The lowest BCUT2D eigenvalue weighted by molar-refractivity contribution is -0.141. The smallest absolute Gasteiger partial charge is 0.327 e. The van der Waals surface area contributed by atoms with Crippen LogP contribution in [0.1, 0.15) is 11.8 Å². The van der Waals surface area contributed by atoms with Crippen molar-refractivity contribution in [2.24, 2.45) is 0 Å². The molecule has 2 unspecified atom stereocenters. The van der Waals surface area contributed by atoms with Crippen LogP contribution in [0.2, 0.25) is 0 Å². The number of carbonyl (C=O) groups is 2. The van der Waals surface area contributed by atoms with Gasteiger partial charge in [0, 0.05) is 27.5 Å². The summed E-state index contributed by atoms with van der Waals surface area (Å²) in [5, 5.41) is 11.0. The van der Waals surface area contributed by atoms with E-state index in [0.717, 1.165) is 9.35 Å². The fourth-order valence-electron chi connectivity index (χ4n) is 2.06. The minimum absolute atomic E-state index is 0.110. The third kappa shape index (κ3) is 3.29. The van der Waals surface area contributed by atoms with Crippen molar-refractivity contribution in [1.82, 2.24) is 9.80 Å². The summed E-state index contributed by atoms with van der Waals surface area (Å²) < 4.78 is 0.992. The lowest BCUT2D eigenvalue weighted by Crippen LogP contribution is -2.49. The lowest BCUT2D eigenvalue weighted by atomic mass is 10.3. The molecular weight excluding hydrogens is 364 g/mol. The summed E-state index contributed by atoms with van der Waals surface area (Å²) in [4.78, 5) is 27.7. The zero-order valence-corrected chi connectivity index (χ0v) is 14.3. The zero-order chi connectivity index (χ0) is 14.9. The average molecular weight is 379 g/mol. The van der Waals surface area contributed by atoms with Gasteiger partial charge in [0.25, 0.3) is 0 Å². The predicted molar refractivity (Wildman–Crippen MR) is 84.1 cm³/mol. The standard InChI is InChI=1S/C12H15BrN2O3S2/c1-7-15(10(6-19-7)11(16)17)12(18)14(2)4-9-3-8(13)5-20-9/h3,5,7,10H,4,6H2,1-2H3,(H,16,17). The highest BCUT2D eigenvalue weighted by molar-refractivity contribution is 9.10. The number of carboxylic acid groups (broad SMARTS) is 1. The van der Waals surface area contributed by atoms with Gasteiger partial charge in [0.05, 0.1) is 11.9 Å². The Morgan fingerprint density at radius 2 is 2.30 bits per heavy atom. The summed E-state index contributed by atoms with van der Waals surface area (Å²) in [6.45, 7) is 2.34. The Labute approximate surface area is 134 Å². The number of hydrogen-bond donors (Lipinski definition) is 1. The Hall–Kier alpha value is -0.730. The number of thiophene rings is 1. The molecule has 0 saturated carbocycles. The largest absolute Gasteiger partial charge is 0.480 e. The van der Waals surface area contributed by atoms with Gasteiger partial charge >= 0.3 is 12.0 Å². The molecule has 1 aromatic rings. The maximum Gasteiger partial charge on any atom is 0.327 e. The van der Waals surface area contributed by atoms with Gasteiger partial charge in [-0.15, -0.1) is 23.1 Å². The van der Waals surface area contributed by atoms with Crippen molar-refractivity contribution in [3.05, 3.63) is 20.8 Å². The highest BCUT2D eigenvalue weighted by Crippen LogP contribution is 2.30.